The standard InChI is InChI=1S/C21H25ClN2O3/c1-26-11-5-10-23-21(25)13-18-15-27-20-9-8-17(22)12-19(20)24(18)14-16-6-3-2-4-7-16/h2-4,6-9,12,18H,5,10-11,13-15H2,1H3,(H,23,25)/t18-/m1/s1. The highest BCUT2D eigenvalue weighted by atomic mass is 35.5. The van der Waals surface area contributed by atoms with Crippen molar-refractivity contribution in [3.8, 4) is 5.75 Å². The Balaban J connectivity index is 1.74. The zero-order valence-corrected chi connectivity index (χ0v) is 16.2. The average Bonchev–Trinajstić information content (AvgIpc) is 2.68. The summed E-state index contributed by atoms with van der Waals surface area (Å²) in [7, 11) is 1.66. The normalized spacial score (nSPS) is 15.8. The Hall–Kier alpha value is -2.24. The number of rotatable bonds is 8. The number of benzene rings is 2. The first-order chi connectivity index (χ1) is 13.2. The number of nitrogens with zero attached hydrogens (tertiary/aromatic N) is 1. The first-order valence-electron chi connectivity index (χ1n) is 9.16. The molecule has 1 aliphatic rings. The lowest BCUT2D eigenvalue weighted by atomic mass is 10.1. The molecule has 0 saturated carbocycles. The number of anilines is 1. The van der Waals surface area contributed by atoms with Crippen LogP contribution in [-0.2, 0) is 16.1 Å². The second-order valence-corrected chi connectivity index (χ2v) is 7.03. The van der Waals surface area contributed by atoms with E-state index in [1.165, 1.54) is 5.56 Å². The van der Waals surface area contributed by atoms with E-state index < -0.39 is 0 Å². The van der Waals surface area contributed by atoms with Crippen molar-refractivity contribution in [2.75, 3.05) is 31.8 Å². The summed E-state index contributed by atoms with van der Waals surface area (Å²) < 4.78 is 10.9. The van der Waals surface area contributed by atoms with Gasteiger partial charge in [0.05, 0.1) is 18.2 Å². The molecule has 0 aliphatic carbocycles. The van der Waals surface area contributed by atoms with Crippen LogP contribution in [-0.4, -0.2) is 38.8 Å². The number of ether oxygens (including phenoxy) is 2. The van der Waals surface area contributed by atoms with E-state index in [2.05, 4.69) is 22.3 Å². The van der Waals surface area contributed by atoms with Gasteiger partial charge < -0.3 is 19.7 Å². The average molecular weight is 389 g/mol. The molecule has 2 aromatic carbocycles. The van der Waals surface area contributed by atoms with Crippen LogP contribution >= 0.6 is 11.6 Å². The zero-order chi connectivity index (χ0) is 19.1. The Morgan fingerprint density at radius 1 is 1.30 bits per heavy atom. The van der Waals surface area contributed by atoms with Gasteiger partial charge >= 0.3 is 0 Å². The van der Waals surface area contributed by atoms with Crippen molar-refractivity contribution < 1.29 is 14.3 Å². The van der Waals surface area contributed by atoms with Crippen molar-refractivity contribution in [2.24, 2.45) is 0 Å². The van der Waals surface area contributed by atoms with E-state index in [1.807, 2.05) is 36.4 Å². The van der Waals surface area contributed by atoms with Gasteiger partial charge in [-0.05, 0) is 30.2 Å². The van der Waals surface area contributed by atoms with Crippen LogP contribution in [0.4, 0.5) is 5.69 Å². The Labute approximate surface area is 165 Å². The van der Waals surface area contributed by atoms with Crippen LogP contribution in [0.25, 0.3) is 0 Å². The molecule has 0 unspecified atom stereocenters. The molecule has 1 N–H and O–H groups in total. The minimum Gasteiger partial charge on any atom is -0.489 e. The Morgan fingerprint density at radius 3 is 2.89 bits per heavy atom. The van der Waals surface area contributed by atoms with Crippen molar-refractivity contribution in [1.29, 1.82) is 0 Å². The molecular weight excluding hydrogens is 364 g/mol. The minimum atomic E-state index is -0.0569. The predicted octanol–water partition coefficient (Wildman–Crippen LogP) is 3.65. The summed E-state index contributed by atoms with van der Waals surface area (Å²) >= 11 is 6.22. The maximum atomic E-state index is 12.4. The number of carbonyl (C=O) groups excluding carboxylic acids is 1. The number of halogens is 1. The molecule has 0 aromatic heterocycles. The van der Waals surface area contributed by atoms with Gasteiger partial charge in [-0.1, -0.05) is 41.9 Å². The van der Waals surface area contributed by atoms with Crippen molar-refractivity contribution in [3.05, 3.63) is 59.1 Å². The molecule has 1 aliphatic heterocycles. The maximum absolute atomic E-state index is 12.4. The molecule has 0 fully saturated rings. The van der Waals surface area contributed by atoms with Crippen molar-refractivity contribution in [1.82, 2.24) is 5.32 Å². The number of hydrogen-bond donors (Lipinski definition) is 1. The quantitative estimate of drug-likeness (QED) is 0.701. The highest BCUT2D eigenvalue weighted by Gasteiger charge is 2.29. The fourth-order valence-corrected chi connectivity index (χ4v) is 3.37. The first-order valence-corrected chi connectivity index (χ1v) is 9.53. The van der Waals surface area contributed by atoms with E-state index in [0.717, 1.165) is 17.9 Å². The van der Waals surface area contributed by atoms with Gasteiger partial charge in [-0.15, -0.1) is 0 Å². The predicted molar refractivity (Wildman–Crippen MR) is 107 cm³/mol. The largest absolute Gasteiger partial charge is 0.489 e. The number of amides is 1. The first kappa shape index (κ1) is 19.5. The van der Waals surface area contributed by atoms with E-state index in [4.69, 9.17) is 21.1 Å². The molecule has 1 heterocycles. The highest BCUT2D eigenvalue weighted by molar-refractivity contribution is 6.31. The number of methoxy groups -OCH3 is 1. The topological polar surface area (TPSA) is 50.8 Å². The summed E-state index contributed by atoms with van der Waals surface area (Å²) in [6.07, 6.45) is 1.17. The van der Waals surface area contributed by atoms with Crippen LogP contribution in [0.15, 0.2) is 48.5 Å². The summed E-state index contributed by atoms with van der Waals surface area (Å²) in [5.41, 5.74) is 2.10. The zero-order valence-electron chi connectivity index (χ0n) is 15.5. The molecule has 0 saturated heterocycles. The van der Waals surface area contributed by atoms with Gasteiger partial charge in [-0.3, -0.25) is 4.79 Å². The van der Waals surface area contributed by atoms with Gasteiger partial charge in [-0.2, -0.15) is 0 Å². The second-order valence-electron chi connectivity index (χ2n) is 6.59. The van der Waals surface area contributed by atoms with Gasteiger partial charge in [-0.25, -0.2) is 0 Å². The summed E-state index contributed by atoms with van der Waals surface area (Å²) in [5, 5.41) is 3.61. The molecule has 0 bridgehead atoms. The lowest BCUT2D eigenvalue weighted by Gasteiger charge is -2.38. The molecule has 0 radical (unpaired) electrons. The number of hydrogen-bond acceptors (Lipinski definition) is 4. The third kappa shape index (κ3) is 5.37. The van der Waals surface area contributed by atoms with Crippen LogP contribution < -0.4 is 15.0 Å². The lowest BCUT2D eigenvalue weighted by molar-refractivity contribution is -0.121. The fraction of sp³-hybridized carbons (Fsp3) is 0.381. The smallest absolute Gasteiger partial charge is 0.222 e. The van der Waals surface area contributed by atoms with Gasteiger partial charge in [0.25, 0.3) is 0 Å². The van der Waals surface area contributed by atoms with Gasteiger partial charge in [0, 0.05) is 31.8 Å². The lowest BCUT2D eigenvalue weighted by Crippen LogP contribution is -2.45. The fourth-order valence-electron chi connectivity index (χ4n) is 3.20. The molecular formula is C21H25ClN2O3. The number of carbonyl (C=O) groups is 1. The number of fused-ring (bicyclic) bond motifs is 1. The second kappa shape index (κ2) is 9.62. The SMILES string of the molecule is COCCCNC(=O)C[C@@H]1COc2ccc(Cl)cc2N1Cc1ccccc1. The van der Waals surface area contributed by atoms with Crippen LogP contribution in [0.3, 0.4) is 0 Å². The van der Waals surface area contributed by atoms with Gasteiger partial charge in [0.1, 0.15) is 12.4 Å². The van der Waals surface area contributed by atoms with Gasteiger partial charge in [0.15, 0.2) is 0 Å². The summed E-state index contributed by atoms with van der Waals surface area (Å²) in [4.78, 5) is 14.6. The van der Waals surface area contributed by atoms with E-state index in [1.54, 1.807) is 7.11 Å². The molecule has 0 spiro atoms. The molecule has 3 rings (SSSR count). The van der Waals surface area contributed by atoms with Crippen LogP contribution in [0.5, 0.6) is 5.75 Å². The Bertz CT molecular complexity index is 754. The third-order valence-corrected chi connectivity index (χ3v) is 4.80. The molecule has 6 heteroatoms. The molecule has 1 amide bonds. The summed E-state index contributed by atoms with van der Waals surface area (Å²) in [5.74, 6) is 0.815. The maximum Gasteiger partial charge on any atom is 0.222 e. The molecule has 5 nitrogen and oxygen atoms in total. The monoisotopic (exact) mass is 388 g/mol. The minimum absolute atomic E-state index is 0.0169. The molecule has 27 heavy (non-hydrogen) atoms. The van der Waals surface area contributed by atoms with Crippen LogP contribution in [0.2, 0.25) is 5.02 Å². The highest BCUT2D eigenvalue weighted by Crippen LogP contribution is 2.37. The molecule has 2 aromatic rings. The summed E-state index contributed by atoms with van der Waals surface area (Å²) in [6.45, 7) is 2.41. The van der Waals surface area contributed by atoms with Crippen molar-refractivity contribution >= 4 is 23.2 Å². The molecule has 144 valence electrons. The van der Waals surface area contributed by atoms with Crippen LogP contribution in [0, 0.1) is 0 Å². The van der Waals surface area contributed by atoms with Crippen LogP contribution in [0.1, 0.15) is 18.4 Å². The summed E-state index contributed by atoms with van der Waals surface area (Å²) in [6, 6.07) is 15.8. The Kier molecular flexibility index (Phi) is 6.96. The van der Waals surface area contributed by atoms with Crippen molar-refractivity contribution in [2.45, 2.75) is 25.4 Å². The Morgan fingerprint density at radius 2 is 2.11 bits per heavy atom. The molecule has 1 atom stereocenters. The van der Waals surface area contributed by atoms with E-state index in [9.17, 15) is 4.79 Å². The third-order valence-electron chi connectivity index (χ3n) is 4.57. The van der Waals surface area contributed by atoms with Gasteiger partial charge in [0.2, 0.25) is 5.91 Å². The van der Waals surface area contributed by atoms with E-state index in [-0.39, 0.29) is 11.9 Å². The van der Waals surface area contributed by atoms with E-state index >= 15 is 0 Å². The van der Waals surface area contributed by atoms with E-state index in [0.29, 0.717) is 37.7 Å². The van der Waals surface area contributed by atoms with Crippen molar-refractivity contribution in [3.63, 3.8) is 0 Å². The number of nitrogens with one attached hydrogen (secondary N) is 1.